The molecule has 4 aromatic rings. The Hall–Kier alpha value is -4.52. The summed E-state index contributed by atoms with van der Waals surface area (Å²) in [6, 6.07) is 19.6. The minimum Gasteiger partial charge on any atom is -0.450 e. The van der Waals surface area contributed by atoms with Crippen LogP contribution < -0.4 is 10.3 Å². The average molecular weight is 466 g/mol. The molecule has 7 heteroatoms. The summed E-state index contributed by atoms with van der Waals surface area (Å²) in [6.45, 7) is 3.94. The second-order valence-corrected chi connectivity index (χ2v) is 8.58. The highest BCUT2D eigenvalue weighted by Gasteiger charge is 2.64. The maximum absolute atomic E-state index is 14.4. The van der Waals surface area contributed by atoms with Crippen molar-refractivity contribution in [1.82, 2.24) is 4.90 Å². The van der Waals surface area contributed by atoms with Crippen LogP contribution in [-0.2, 0) is 16.9 Å². The molecule has 3 aromatic carbocycles. The average Bonchev–Trinajstić information content (AvgIpc) is 3.26. The SMILES string of the molecule is C=CCN1C(=O)c2oc3ccccc3c(=O)c2C12C(=O)N(Cc1ccc(F)cc1)c1ccccc12. The second kappa shape index (κ2) is 7.50. The highest BCUT2D eigenvalue weighted by atomic mass is 19.1. The highest BCUT2D eigenvalue weighted by Crippen LogP contribution is 2.52. The number of carbonyl (C=O) groups is 2. The van der Waals surface area contributed by atoms with Crippen LogP contribution in [0.2, 0.25) is 0 Å². The third-order valence-corrected chi connectivity index (χ3v) is 6.71. The fraction of sp³-hybridized carbons (Fsp3) is 0.107. The standard InChI is InChI=1S/C28H19FN2O4/c1-2-15-31-26(33)25-23(24(32)19-7-3-6-10-22(19)35-25)28(31)20-8-4-5-9-21(20)30(27(28)34)16-17-11-13-18(29)14-12-17/h2-14H,1,15-16H2. The summed E-state index contributed by atoms with van der Waals surface area (Å²) in [4.78, 5) is 44.8. The molecule has 6 rings (SSSR count). The van der Waals surface area contributed by atoms with Crippen LogP contribution in [0.1, 0.15) is 27.2 Å². The molecule has 0 fully saturated rings. The largest absolute Gasteiger partial charge is 0.450 e. The fourth-order valence-corrected chi connectivity index (χ4v) is 5.25. The van der Waals surface area contributed by atoms with Crippen LogP contribution in [0.5, 0.6) is 0 Å². The maximum Gasteiger partial charge on any atom is 0.291 e. The van der Waals surface area contributed by atoms with E-state index in [1.807, 2.05) is 0 Å². The van der Waals surface area contributed by atoms with Crippen LogP contribution in [0.3, 0.4) is 0 Å². The highest BCUT2D eigenvalue weighted by molar-refractivity contribution is 6.17. The Morgan fingerprint density at radius 1 is 0.943 bits per heavy atom. The van der Waals surface area contributed by atoms with Gasteiger partial charge >= 0.3 is 0 Å². The van der Waals surface area contributed by atoms with Gasteiger partial charge in [-0.15, -0.1) is 6.58 Å². The van der Waals surface area contributed by atoms with E-state index >= 15 is 0 Å². The van der Waals surface area contributed by atoms with E-state index in [1.54, 1.807) is 60.7 Å². The molecule has 6 nitrogen and oxygen atoms in total. The molecular weight excluding hydrogens is 447 g/mol. The van der Waals surface area contributed by atoms with Gasteiger partial charge in [0.25, 0.3) is 11.8 Å². The maximum atomic E-state index is 14.4. The Morgan fingerprint density at radius 3 is 2.43 bits per heavy atom. The first-order chi connectivity index (χ1) is 17.0. The molecule has 172 valence electrons. The van der Waals surface area contributed by atoms with Gasteiger partial charge in [0.2, 0.25) is 5.76 Å². The monoisotopic (exact) mass is 466 g/mol. The molecule has 3 heterocycles. The first kappa shape index (κ1) is 21.0. The summed E-state index contributed by atoms with van der Waals surface area (Å²) in [5.41, 5.74) is -0.0237. The number of benzene rings is 3. The number of fused-ring (bicyclic) bond motifs is 5. The first-order valence-electron chi connectivity index (χ1n) is 11.1. The van der Waals surface area contributed by atoms with Gasteiger partial charge in [0.05, 0.1) is 23.2 Å². The third kappa shape index (κ3) is 2.72. The lowest BCUT2D eigenvalue weighted by molar-refractivity contribution is -0.126. The minimum absolute atomic E-state index is 0.0158. The number of anilines is 1. The summed E-state index contributed by atoms with van der Waals surface area (Å²) in [5, 5.41) is 0.293. The molecule has 2 amide bonds. The zero-order valence-corrected chi connectivity index (χ0v) is 18.5. The smallest absolute Gasteiger partial charge is 0.291 e. The number of hydrogen-bond donors (Lipinski definition) is 0. The summed E-state index contributed by atoms with van der Waals surface area (Å²) < 4.78 is 19.4. The Morgan fingerprint density at radius 2 is 1.66 bits per heavy atom. The van der Waals surface area contributed by atoms with Gasteiger partial charge in [0.15, 0.2) is 11.0 Å². The zero-order chi connectivity index (χ0) is 24.3. The number of hydrogen-bond acceptors (Lipinski definition) is 4. The van der Waals surface area contributed by atoms with Crippen LogP contribution >= 0.6 is 0 Å². The van der Waals surface area contributed by atoms with Gasteiger partial charge in [-0.25, -0.2) is 4.39 Å². The van der Waals surface area contributed by atoms with Crippen LogP contribution in [0.15, 0.2) is 94.7 Å². The number of carbonyl (C=O) groups excluding carboxylic acids is 2. The van der Waals surface area contributed by atoms with Gasteiger partial charge in [-0.1, -0.05) is 48.5 Å². The Labute approximate surface area is 199 Å². The normalized spacial score (nSPS) is 18.4. The quantitative estimate of drug-likeness (QED) is 0.419. The molecular formula is C28H19FN2O4. The second-order valence-electron chi connectivity index (χ2n) is 8.58. The molecule has 2 aliphatic heterocycles. The van der Waals surface area contributed by atoms with Gasteiger partial charge < -0.3 is 14.2 Å². The van der Waals surface area contributed by atoms with E-state index in [1.165, 1.54) is 28.0 Å². The molecule has 0 bridgehead atoms. The van der Waals surface area contributed by atoms with E-state index in [2.05, 4.69) is 6.58 Å². The van der Waals surface area contributed by atoms with Crippen molar-refractivity contribution in [2.24, 2.45) is 0 Å². The van der Waals surface area contributed by atoms with Crippen LogP contribution in [0.25, 0.3) is 11.0 Å². The Kier molecular flexibility index (Phi) is 4.51. The predicted molar refractivity (Wildman–Crippen MR) is 129 cm³/mol. The molecule has 0 saturated carbocycles. The van der Waals surface area contributed by atoms with Crippen molar-refractivity contribution in [3.63, 3.8) is 0 Å². The zero-order valence-electron chi connectivity index (χ0n) is 18.5. The molecule has 0 radical (unpaired) electrons. The topological polar surface area (TPSA) is 70.8 Å². The lowest BCUT2D eigenvalue weighted by atomic mass is 9.84. The van der Waals surface area contributed by atoms with Crippen molar-refractivity contribution < 1.29 is 18.4 Å². The molecule has 0 aliphatic carbocycles. The molecule has 35 heavy (non-hydrogen) atoms. The molecule has 0 N–H and O–H groups in total. The van der Waals surface area contributed by atoms with E-state index in [-0.39, 0.29) is 35.8 Å². The third-order valence-electron chi connectivity index (χ3n) is 6.71. The Bertz CT molecular complexity index is 1610. The lowest BCUT2D eigenvalue weighted by Crippen LogP contribution is -2.53. The van der Waals surface area contributed by atoms with Gasteiger partial charge in [-0.05, 0) is 35.9 Å². The van der Waals surface area contributed by atoms with Crippen molar-refractivity contribution in [3.05, 3.63) is 124 Å². The van der Waals surface area contributed by atoms with E-state index < -0.39 is 22.8 Å². The van der Waals surface area contributed by atoms with E-state index in [0.29, 0.717) is 22.2 Å². The summed E-state index contributed by atoms with van der Waals surface area (Å²) >= 11 is 0. The van der Waals surface area contributed by atoms with Crippen LogP contribution in [0, 0.1) is 5.82 Å². The molecule has 1 unspecified atom stereocenters. The summed E-state index contributed by atoms with van der Waals surface area (Å²) in [6.07, 6.45) is 1.52. The summed E-state index contributed by atoms with van der Waals surface area (Å²) in [5.74, 6) is -1.51. The van der Waals surface area contributed by atoms with Crippen molar-refractivity contribution >= 4 is 28.5 Å². The number of nitrogens with zero attached hydrogens (tertiary/aromatic N) is 2. The molecule has 1 aromatic heterocycles. The van der Waals surface area contributed by atoms with E-state index in [9.17, 15) is 18.8 Å². The van der Waals surface area contributed by atoms with Crippen molar-refractivity contribution in [3.8, 4) is 0 Å². The Balaban J connectivity index is 1.65. The molecule has 1 spiro atoms. The number of halogens is 1. The van der Waals surface area contributed by atoms with E-state index in [0.717, 1.165) is 0 Å². The van der Waals surface area contributed by atoms with Crippen molar-refractivity contribution in [2.75, 3.05) is 11.4 Å². The van der Waals surface area contributed by atoms with Crippen LogP contribution in [0.4, 0.5) is 10.1 Å². The van der Waals surface area contributed by atoms with Crippen LogP contribution in [-0.4, -0.2) is 23.3 Å². The molecule has 1 atom stereocenters. The van der Waals surface area contributed by atoms with Gasteiger partial charge in [0, 0.05) is 12.1 Å². The molecule has 0 saturated heterocycles. The van der Waals surface area contributed by atoms with Crippen molar-refractivity contribution in [2.45, 2.75) is 12.1 Å². The lowest BCUT2D eigenvalue weighted by Gasteiger charge is -2.33. The fourth-order valence-electron chi connectivity index (χ4n) is 5.25. The van der Waals surface area contributed by atoms with Crippen molar-refractivity contribution in [1.29, 1.82) is 0 Å². The van der Waals surface area contributed by atoms with Gasteiger partial charge in [0.1, 0.15) is 11.4 Å². The van der Waals surface area contributed by atoms with Gasteiger partial charge in [-0.2, -0.15) is 0 Å². The number of rotatable bonds is 4. The number of amides is 2. The van der Waals surface area contributed by atoms with E-state index in [4.69, 9.17) is 4.42 Å². The summed E-state index contributed by atoms with van der Waals surface area (Å²) in [7, 11) is 0. The first-order valence-corrected chi connectivity index (χ1v) is 11.1. The minimum atomic E-state index is -1.69. The predicted octanol–water partition coefficient (Wildman–Crippen LogP) is 4.36. The number of para-hydroxylation sites is 2. The molecule has 2 aliphatic rings. The van der Waals surface area contributed by atoms with Gasteiger partial charge in [-0.3, -0.25) is 14.4 Å².